The van der Waals surface area contributed by atoms with E-state index in [1.54, 1.807) is 18.2 Å². The molecule has 1 aliphatic carbocycles. The summed E-state index contributed by atoms with van der Waals surface area (Å²) in [5, 5.41) is 0. The van der Waals surface area contributed by atoms with Crippen molar-refractivity contribution >= 4 is 5.78 Å². The quantitative estimate of drug-likeness (QED) is 0.525. The van der Waals surface area contributed by atoms with Crippen LogP contribution >= 0.6 is 0 Å². The van der Waals surface area contributed by atoms with Crippen LogP contribution in [-0.4, -0.2) is 32.9 Å². The first-order valence-electron chi connectivity index (χ1n) is 4.87. The highest BCUT2D eigenvalue weighted by Gasteiger charge is 2.42. The summed E-state index contributed by atoms with van der Waals surface area (Å²) < 4.78 is 15.3. The van der Waals surface area contributed by atoms with Gasteiger partial charge < -0.3 is 14.2 Å². The number of allylic oxidation sites excluding steroid dienone is 3. The van der Waals surface area contributed by atoms with E-state index < -0.39 is 5.79 Å². The van der Waals surface area contributed by atoms with Crippen molar-refractivity contribution in [1.82, 2.24) is 0 Å². The van der Waals surface area contributed by atoms with Gasteiger partial charge in [0.25, 0.3) is 11.6 Å². The maximum Gasteiger partial charge on any atom is 0.260 e. The summed E-state index contributed by atoms with van der Waals surface area (Å²) in [7, 11) is 4.28. The largest absolute Gasteiger partial charge is 0.493 e. The lowest BCUT2D eigenvalue weighted by atomic mass is 9.96. The zero-order chi connectivity index (χ0) is 12.2. The zero-order valence-electron chi connectivity index (χ0n) is 9.78. The number of methoxy groups -OCH3 is 3. The normalized spacial score (nSPS) is 18.8. The smallest absolute Gasteiger partial charge is 0.260 e. The van der Waals surface area contributed by atoms with Gasteiger partial charge in [-0.2, -0.15) is 0 Å². The topological polar surface area (TPSA) is 44.8 Å². The Morgan fingerprint density at radius 2 is 2.00 bits per heavy atom. The zero-order valence-corrected chi connectivity index (χ0v) is 9.78. The molecular formula is C12H16O4. The van der Waals surface area contributed by atoms with Crippen molar-refractivity contribution in [3.05, 3.63) is 36.1 Å². The van der Waals surface area contributed by atoms with Crippen molar-refractivity contribution in [2.75, 3.05) is 21.3 Å². The molecule has 0 fully saturated rings. The Balaban J connectivity index is 3.17. The second kappa shape index (κ2) is 5.09. The number of hydrogen-bond donors (Lipinski definition) is 0. The van der Waals surface area contributed by atoms with Crippen molar-refractivity contribution in [2.45, 2.75) is 12.2 Å². The molecule has 1 aliphatic rings. The van der Waals surface area contributed by atoms with E-state index in [2.05, 4.69) is 6.58 Å². The van der Waals surface area contributed by atoms with Crippen LogP contribution in [0.3, 0.4) is 0 Å². The molecule has 0 spiro atoms. The molecule has 0 aliphatic heterocycles. The Kier molecular flexibility index (Phi) is 4.04. The minimum Gasteiger partial charge on any atom is -0.493 e. The van der Waals surface area contributed by atoms with Gasteiger partial charge in [0.15, 0.2) is 5.76 Å². The van der Waals surface area contributed by atoms with Crippen molar-refractivity contribution in [3.8, 4) is 0 Å². The Morgan fingerprint density at radius 1 is 1.38 bits per heavy atom. The summed E-state index contributed by atoms with van der Waals surface area (Å²) in [6.45, 7) is 3.65. The number of hydrogen-bond acceptors (Lipinski definition) is 4. The molecule has 0 saturated carbocycles. The maximum absolute atomic E-state index is 12.0. The second-order valence-corrected chi connectivity index (χ2v) is 3.33. The third kappa shape index (κ3) is 2.08. The molecule has 1 rings (SSSR count). The van der Waals surface area contributed by atoms with E-state index in [-0.39, 0.29) is 11.5 Å². The lowest BCUT2D eigenvalue weighted by Gasteiger charge is -2.29. The molecule has 0 aromatic heterocycles. The SMILES string of the molecule is C=CCC1=CC(OC)(OC)C(=O)C(OC)=C1. The predicted octanol–water partition coefficient (Wildman–Crippen LogP) is 1.59. The fourth-order valence-corrected chi connectivity index (χ4v) is 1.58. The third-order valence-corrected chi connectivity index (χ3v) is 2.44. The van der Waals surface area contributed by atoms with Crippen LogP contribution in [0.4, 0.5) is 0 Å². The molecular weight excluding hydrogens is 208 g/mol. The Bertz CT molecular complexity index is 348. The lowest BCUT2D eigenvalue weighted by Crippen LogP contribution is -2.44. The van der Waals surface area contributed by atoms with Crippen LogP contribution in [-0.2, 0) is 19.0 Å². The summed E-state index contributed by atoms with van der Waals surface area (Å²) in [4.78, 5) is 12.0. The molecule has 0 radical (unpaired) electrons. The van der Waals surface area contributed by atoms with E-state index in [0.29, 0.717) is 6.42 Å². The van der Waals surface area contributed by atoms with E-state index in [4.69, 9.17) is 14.2 Å². The number of ketones is 1. The number of carbonyl (C=O) groups is 1. The van der Waals surface area contributed by atoms with Gasteiger partial charge in [0.1, 0.15) is 0 Å². The summed E-state index contributed by atoms with van der Waals surface area (Å²) in [6.07, 6.45) is 5.66. The average Bonchev–Trinajstić information content (AvgIpc) is 2.31. The van der Waals surface area contributed by atoms with Crippen LogP contribution in [0.1, 0.15) is 6.42 Å². The van der Waals surface area contributed by atoms with Gasteiger partial charge in [-0.1, -0.05) is 6.08 Å². The standard InChI is InChI=1S/C12H16O4/c1-5-6-9-7-10(14-2)11(13)12(8-9,15-3)16-4/h5,7-8H,1,6H2,2-4H3. The molecule has 4 heteroatoms. The van der Waals surface area contributed by atoms with Gasteiger partial charge in [-0.3, -0.25) is 4.79 Å². The van der Waals surface area contributed by atoms with Gasteiger partial charge in [0, 0.05) is 14.2 Å². The molecule has 0 N–H and O–H groups in total. The van der Waals surface area contributed by atoms with Gasteiger partial charge in [0.05, 0.1) is 7.11 Å². The monoisotopic (exact) mass is 224 g/mol. The first-order chi connectivity index (χ1) is 7.63. The molecule has 0 aromatic rings. The van der Waals surface area contributed by atoms with Crippen molar-refractivity contribution in [3.63, 3.8) is 0 Å². The fraction of sp³-hybridized carbons (Fsp3) is 0.417. The molecule has 0 unspecified atom stereocenters. The fourth-order valence-electron chi connectivity index (χ4n) is 1.58. The summed E-state index contributed by atoms with van der Waals surface area (Å²) in [5.41, 5.74) is 0.871. The highest BCUT2D eigenvalue weighted by molar-refractivity contribution is 6.02. The molecule has 0 bridgehead atoms. The molecule has 4 nitrogen and oxygen atoms in total. The van der Waals surface area contributed by atoms with Gasteiger partial charge >= 0.3 is 0 Å². The lowest BCUT2D eigenvalue weighted by molar-refractivity contribution is -0.185. The minimum atomic E-state index is -1.38. The van der Waals surface area contributed by atoms with Crippen LogP contribution in [0.25, 0.3) is 0 Å². The van der Waals surface area contributed by atoms with Crippen LogP contribution in [0, 0.1) is 0 Å². The molecule has 0 aromatic carbocycles. The molecule has 16 heavy (non-hydrogen) atoms. The van der Waals surface area contributed by atoms with E-state index >= 15 is 0 Å². The number of rotatable bonds is 5. The first-order valence-corrected chi connectivity index (χ1v) is 4.87. The van der Waals surface area contributed by atoms with Gasteiger partial charge in [-0.15, -0.1) is 6.58 Å². The first kappa shape index (κ1) is 12.7. The second-order valence-electron chi connectivity index (χ2n) is 3.33. The van der Waals surface area contributed by atoms with Crippen LogP contribution < -0.4 is 0 Å². The molecule has 0 saturated heterocycles. The number of ether oxygens (including phenoxy) is 3. The van der Waals surface area contributed by atoms with E-state index in [0.717, 1.165) is 5.57 Å². The van der Waals surface area contributed by atoms with Gasteiger partial charge in [-0.05, 0) is 24.1 Å². The predicted molar refractivity (Wildman–Crippen MR) is 59.7 cm³/mol. The molecule has 88 valence electrons. The van der Waals surface area contributed by atoms with E-state index in [1.165, 1.54) is 21.3 Å². The maximum atomic E-state index is 12.0. The Labute approximate surface area is 95.2 Å². The van der Waals surface area contributed by atoms with Gasteiger partial charge in [0.2, 0.25) is 0 Å². The molecule has 0 atom stereocenters. The van der Waals surface area contributed by atoms with Crippen LogP contribution in [0.15, 0.2) is 36.1 Å². The Hall–Kier alpha value is -1.39. The summed E-state index contributed by atoms with van der Waals surface area (Å²) in [6, 6.07) is 0. The van der Waals surface area contributed by atoms with Crippen LogP contribution in [0.5, 0.6) is 0 Å². The highest BCUT2D eigenvalue weighted by Crippen LogP contribution is 2.28. The minimum absolute atomic E-state index is 0.225. The van der Waals surface area contributed by atoms with Crippen molar-refractivity contribution in [2.24, 2.45) is 0 Å². The summed E-state index contributed by atoms with van der Waals surface area (Å²) >= 11 is 0. The van der Waals surface area contributed by atoms with E-state index in [9.17, 15) is 4.79 Å². The van der Waals surface area contributed by atoms with Gasteiger partial charge in [-0.25, -0.2) is 0 Å². The average molecular weight is 224 g/mol. The highest BCUT2D eigenvalue weighted by atomic mass is 16.7. The van der Waals surface area contributed by atoms with Crippen molar-refractivity contribution in [1.29, 1.82) is 0 Å². The Morgan fingerprint density at radius 3 is 2.44 bits per heavy atom. The van der Waals surface area contributed by atoms with Crippen LogP contribution in [0.2, 0.25) is 0 Å². The molecule has 0 amide bonds. The van der Waals surface area contributed by atoms with E-state index in [1.807, 2.05) is 0 Å². The third-order valence-electron chi connectivity index (χ3n) is 2.44. The number of Topliss-reactive ketones (excluding diaryl/α,β-unsaturated/α-hetero) is 1. The van der Waals surface area contributed by atoms with Crippen molar-refractivity contribution < 1.29 is 19.0 Å². The summed E-state index contributed by atoms with van der Waals surface area (Å²) in [5.74, 6) is -1.49. The number of carbonyl (C=O) groups excluding carboxylic acids is 1. The molecule has 0 heterocycles.